The van der Waals surface area contributed by atoms with Gasteiger partial charge in [-0.05, 0) is 23.5 Å². The molecule has 1 aliphatic rings. The fourth-order valence-corrected chi connectivity index (χ4v) is 6.04. The fourth-order valence-electron chi connectivity index (χ4n) is 5.23. The lowest BCUT2D eigenvalue weighted by molar-refractivity contribution is -0.144. The molecule has 3 atom stereocenters. The second-order valence-electron chi connectivity index (χ2n) is 13.1. The predicted octanol–water partition coefficient (Wildman–Crippen LogP) is 1.95. The average Bonchev–Trinajstić information content (AvgIpc) is 3.72. The zero-order valence-corrected chi connectivity index (χ0v) is 31.2. The Balaban J connectivity index is 1.33. The number of β-amino-alcohol motifs (C(OH)–C–C–N with tert-alkyl or cyclic N) is 1. The van der Waals surface area contributed by atoms with Crippen molar-refractivity contribution in [1.82, 2.24) is 20.5 Å². The first kappa shape index (κ1) is 42.6. The molecule has 1 fully saturated rings. The van der Waals surface area contributed by atoms with Crippen molar-refractivity contribution in [2.24, 2.45) is 5.41 Å². The maximum atomic E-state index is 13.8. The summed E-state index contributed by atoms with van der Waals surface area (Å²) in [5.41, 5.74) is 4.01. The molecule has 288 valence electrons. The van der Waals surface area contributed by atoms with E-state index in [4.69, 9.17) is 28.8 Å². The van der Waals surface area contributed by atoms with Crippen molar-refractivity contribution in [3.05, 3.63) is 53.2 Å². The maximum Gasteiger partial charge on any atom is 0.328 e. The maximum absolute atomic E-state index is 13.8. The Morgan fingerprint density at radius 3 is 2.12 bits per heavy atom. The minimum atomic E-state index is -1.02. The van der Waals surface area contributed by atoms with Gasteiger partial charge in [-0.2, -0.15) is 0 Å². The van der Waals surface area contributed by atoms with E-state index in [9.17, 15) is 24.3 Å². The van der Waals surface area contributed by atoms with E-state index in [1.165, 1.54) is 11.0 Å². The van der Waals surface area contributed by atoms with Crippen LogP contribution in [0.25, 0.3) is 10.4 Å². The Bertz CT molecular complexity index is 1440. The van der Waals surface area contributed by atoms with E-state index in [-0.39, 0.29) is 51.8 Å². The summed E-state index contributed by atoms with van der Waals surface area (Å²) < 4.78 is 26.9. The number of carboxylic acid groups (broad SMARTS) is 1. The number of thiazole rings is 1. The van der Waals surface area contributed by atoms with E-state index in [2.05, 4.69) is 15.6 Å². The van der Waals surface area contributed by atoms with Gasteiger partial charge in [0.15, 0.2) is 0 Å². The summed E-state index contributed by atoms with van der Waals surface area (Å²) in [6.45, 7) is 10.1. The van der Waals surface area contributed by atoms with Crippen LogP contribution in [0.4, 0.5) is 0 Å². The highest BCUT2D eigenvalue weighted by atomic mass is 32.1. The molecule has 2 heterocycles. The molecule has 1 aromatic carbocycles. The molecular weight excluding hydrogens is 696 g/mol. The quantitative estimate of drug-likeness (QED) is 0.0955. The third-order valence-electron chi connectivity index (χ3n) is 7.91. The van der Waals surface area contributed by atoms with Gasteiger partial charge in [-0.15, -0.1) is 11.3 Å². The summed E-state index contributed by atoms with van der Waals surface area (Å²) in [7, 11) is 0. The standard InChI is InChI=1S/C36H52N4O11S/c1-25-32(52-24-38-25)27-9-7-26(8-10-27)21-37-34(45)29-20-28(41)22-40(29)35(46)33(36(2,3)4)39-30(42)23-51-19-18-50-17-16-49-15-14-48-13-12-47-11-5-6-31(43)44/h5-10,24,28-29,33,41H,11-23H2,1-4H3,(H,37,45)(H,39,42)(H,43,44)/b6-5+/t28-,29+,33?/m1/s1. The number of ether oxygens (including phenoxy) is 5. The van der Waals surface area contributed by atoms with Crippen LogP contribution in [0.2, 0.25) is 0 Å². The van der Waals surface area contributed by atoms with E-state index in [1.807, 2.05) is 52.0 Å². The van der Waals surface area contributed by atoms with Crippen LogP contribution in [0.5, 0.6) is 0 Å². The van der Waals surface area contributed by atoms with E-state index in [0.717, 1.165) is 27.8 Å². The van der Waals surface area contributed by atoms with Crippen LogP contribution in [0.3, 0.4) is 0 Å². The van der Waals surface area contributed by atoms with Gasteiger partial charge in [-0.3, -0.25) is 14.4 Å². The van der Waals surface area contributed by atoms with Gasteiger partial charge in [0, 0.05) is 25.6 Å². The van der Waals surface area contributed by atoms with Gasteiger partial charge in [-0.25, -0.2) is 9.78 Å². The summed E-state index contributed by atoms with van der Waals surface area (Å²) in [4.78, 5) is 57.0. The Labute approximate surface area is 308 Å². The third-order valence-corrected chi connectivity index (χ3v) is 8.88. The lowest BCUT2D eigenvalue weighted by Gasteiger charge is -2.35. The first-order chi connectivity index (χ1) is 24.9. The SMILES string of the molecule is Cc1ncsc1-c1ccc(CNC(=O)[C@@H]2C[C@@H](O)CN2C(=O)C(NC(=O)COCCOCCOCCOCCOC/C=C/C(=O)O)C(C)(C)C)cc1. The highest BCUT2D eigenvalue weighted by Gasteiger charge is 2.44. The van der Waals surface area contributed by atoms with E-state index >= 15 is 0 Å². The number of nitrogens with one attached hydrogen (secondary N) is 2. The average molecular weight is 749 g/mol. The third kappa shape index (κ3) is 15.1. The number of aliphatic hydroxyl groups is 1. The second kappa shape index (κ2) is 22.3. The van der Waals surface area contributed by atoms with Crippen LogP contribution >= 0.6 is 11.3 Å². The number of nitrogens with zero attached hydrogens (tertiary/aromatic N) is 2. The molecule has 3 amide bonds. The minimum absolute atomic E-state index is 0.0165. The molecule has 4 N–H and O–H groups in total. The number of carboxylic acids is 1. The number of aryl methyl sites for hydroxylation is 1. The first-order valence-electron chi connectivity index (χ1n) is 17.2. The molecule has 0 radical (unpaired) electrons. The Hall–Kier alpha value is -3.77. The molecule has 1 aliphatic heterocycles. The van der Waals surface area contributed by atoms with Crippen LogP contribution in [0, 0.1) is 12.3 Å². The van der Waals surface area contributed by atoms with E-state index in [1.54, 1.807) is 16.8 Å². The summed E-state index contributed by atoms with van der Waals surface area (Å²) in [5.74, 6) is -2.33. The van der Waals surface area contributed by atoms with Crippen molar-refractivity contribution >= 4 is 35.0 Å². The molecule has 0 spiro atoms. The number of amides is 3. The van der Waals surface area contributed by atoms with Crippen LogP contribution < -0.4 is 10.6 Å². The number of aliphatic carboxylic acids is 1. The van der Waals surface area contributed by atoms with Crippen molar-refractivity contribution in [1.29, 1.82) is 0 Å². The topological polar surface area (TPSA) is 195 Å². The second-order valence-corrected chi connectivity index (χ2v) is 14.0. The molecule has 16 heteroatoms. The fraction of sp³-hybridized carbons (Fsp3) is 0.583. The zero-order chi connectivity index (χ0) is 37.9. The molecule has 0 saturated carbocycles. The number of likely N-dealkylation sites (tertiary alicyclic amines) is 1. The lowest BCUT2D eigenvalue weighted by atomic mass is 9.85. The molecule has 3 rings (SSSR count). The molecule has 0 bridgehead atoms. The number of aliphatic hydroxyl groups excluding tert-OH is 1. The number of benzene rings is 1. The zero-order valence-electron chi connectivity index (χ0n) is 30.3. The van der Waals surface area contributed by atoms with Gasteiger partial charge >= 0.3 is 5.97 Å². The minimum Gasteiger partial charge on any atom is -0.478 e. The van der Waals surface area contributed by atoms with E-state index in [0.29, 0.717) is 39.6 Å². The van der Waals surface area contributed by atoms with Crippen molar-refractivity contribution in [3.8, 4) is 10.4 Å². The van der Waals surface area contributed by atoms with Crippen molar-refractivity contribution in [2.75, 3.05) is 72.6 Å². The molecule has 1 aromatic heterocycles. The van der Waals surface area contributed by atoms with Crippen molar-refractivity contribution in [2.45, 2.75) is 58.8 Å². The largest absolute Gasteiger partial charge is 0.478 e. The van der Waals surface area contributed by atoms with Gasteiger partial charge in [0.05, 0.1) is 81.6 Å². The summed E-state index contributed by atoms with van der Waals surface area (Å²) in [6.07, 6.45) is 1.66. The number of carbonyl (C=O) groups excluding carboxylic acids is 3. The number of rotatable bonds is 23. The molecule has 1 unspecified atom stereocenters. The molecule has 15 nitrogen and oxygen atoms in total. The normalized spacial score (nSPS) is 16.7. The molecule has 1 saturated heterocycles. The lowest BCUT2D eigenvalue weighted by Crippen LogP contribution is -2.58. The number of carbonyl (C=O) groups is 4. The van der Waals surface area contributed by atoms with Crippen LogP contribution in [0.1, 0.15) is 38.4 Å². The van der Waals surface area contributed by atoms with Crippen molar-refractivity contribution < 1.29 is 53.1 Å². The first-order valence-corrected chi connectivity index (χ1v) is 18.1. The highest BCUT2D eigenvalue weighted by molar-refractivity contribution is 7.13. The number of aromatic nitrogens is 1. The van der Waals surface area contributed by atoms with Gasteiger partial charge < -0.3 is 49.4 Å². The molecule has 2 aromatic rings. The Kier molecular flexibility index (Phi) is 18.3. The van der Waals surface area contributed by atoms with E-state index < -0.39 is 41.4 Å². The summed E-state index contributed by atoms with van der Waals surface area (Å²) in [5, 5.41) is 24.6. The Morgan fingerprint density at radius 2 is 1.56 bits per heavy atom. The van der Waals surface area contributed by atoms with Gasteiger partial charge in [0.2, 0.25) is 17.7 Å². The van der Waals surface area contributed by atoms with Crippen molar-refractivity contribution in [3.63, 3.8) is 0 Å². The Morgan fingerprint density at radius 1 is 0.962 bits per heavy atom. The van der Waals surface area contributed by atoms with Crippen LogP contribution in [-0.2, 0) is 49.4 Å². The van der Waals surface area contributed by atoms with Gasteiger partial charge in [-0.1, -0.05) is 51.1 Å². The van der Waals surface area contributed by atoms with Crippen LogP contribution in [0.15, 0.2) is 41.9 Å². The monoisotopic (exact) mass is 748 g/mol. The molecule has 0 aliphatic carbocycles. The highest BCUT2D eigenvalue weighted by Crippen LogP contribution is 2.28. The van der Waals surface area contributed by atoms with Gasteiger partial charge in [0.25, 0.3) is 0 Å². The van der Waals surface area contributed by atoms with Crippen LogP contribution in [-0.4, -0.2) is 135 Å². The predicted molar refractivity (Wildman–Crippen MR) is 193 cm³/mol. The van der Waals surface area contributed by atoms with Gasteiger partial charge in [0.1, 0.15) is 18.7 Å². The molecule has 52 heavy (non-hydrogen) atoms. The summed E-state index contributed by atoms with van der Waals surface area (Å²) in [6, 6.07) is 5.99. The molecular formula is C36H52N4O11S. The smallest absolute Gasteiger partial charge is 0.328 e. The summed E-state index contributed by atoms with van der Waals surface area (Å²) >= 11 is 1.57. The number of hydrogen-bond acceptors (Lipinski definition) is 12. The number of hydrogen-bond donors (Lipinski definition) is 4.